The maximum atomic E-state index is 12.5. The minimum absolute atomic E-state index is 0.00133. The zero-order chi connectivity index (χ0) is 24.1. The van der Waals surface area contributed by atoms with Gasteiger partial charge in [-0.3, -0.25) is 14.4 Å². The van der Waals surface area contributed by atoms with Crippen LogP contribution in [0, 0.1) is 5.92 Å². The summed E-state index contributed by atoms with van der Waals surface area (Å²) in [5.74, 6) is -5.43. The number of carbonyl (C=O) groups excluding carboxylic acids is 2. The van der Waals surface area contributed by atoms with E-state index in [1.54, 1.807) is 18.2 Å². The van der Waals surface area contributed by atoms with Crippen LogP contribution in [-0.2, 0) is 28.5 Å². The van der Waals surface area contributed by atoms with Crippen molar-refractivity contribution in [3.63, 3.8) is 0 Å². The zero-order valence-electron chi connectivity index (χ0n) is 17.4. The Balaban J connectivity index is 2.16. The third-order valence-electron chi connectivity index (χ3n) is 4.61. The summed E-state index contributed by atoms with van der Waals surface area (Å²) >= 11 is 12.0. The van der Waals surface area contributed by atoms with Crippen LogP contribution in [0.25, 0.3) is 0 Å². The molecule has 2 rings (SSSR count). The molecule has 1 heterocycles. The Labute approximate surface area is 194 Å². The smallest absolute Gasteiger partial charge is 0.508 e. The van der Waals surface area contributed by atoms with Crippen molar-refractivity contribution < 1.29 is 38.7 Å². The lowest BCUT2D eigenvalue weighted by molar-refractivity contribution is -0.175. The Morgan fingerprint density at radius 2 is 1.94 bits per heavy atom. The number of benzene rings is 1. The third-order valence-corrected chi connectivity index (χ3v) is 5.18. The summed E-state index contributed by atoms with van der Waals surface area (Å²) in [6.45, 7) is 3.47. The highest BCUT2D eigenvalue weighted by Gasteiger charge is 2.54. The van der Waals surface area contributed by atoms with Gasteiger partial charge >= 0.3 is 19.1 Å². The van der Waals surface area contributed by atoms with E-state index in [9.17, 15) is 24.3 Å². The van der Waals surface area contributed by atoms with Gasteiger partial charge in [-0.15, -0.1) is 0 Å². The van der Waals surface area contributed by atoms with Crippen LogP contribution >= 0.6 is 23.2 Å². The van der Waals surface area contributed by atoms with Gasteiger partial charge in [-0.05, 0) is 30.5 Å². The molecule has 174 valence electrons. The molecule has 1 aliphatic rings. The van der Waals surface area contributed by atoms with Crippen molar-refractivity contribution in [3.8, 4) is 0 Å². The van der Waals surface area contributed by atoms with Crippen LogP contribution in [0.3, 0.4) is 0 Å². The van der Waals surface area contributed by atoms with Gasteiger partial charge in [0.15, 0.2) is 5.60 Å². The molecule has 13 heteroatoms. The number of carbonyl (C=O) groups is 4. The van der Waals surface area contributed by atoms with Crippen LogP contribution in [0.15, 0.2) is 18.2 Å². The summed E-state index contributed by atoms with van der Waals surface area (Å²) in [5.41, 5.74) is -1.86. The highest BCUT2D eigenvalue weighted by atomic mass is 35.5. The number of anilines is 1. The van der Waals surface area contributed by atoms with Crippen molar-refractivity contribution in [3.05, 3.63) is 28.2 Å². The average molecular weight is 489 g/mol. The molecule has 1 aromatic carbocycles. The molecule has 0 aromatic heterocycles. The van der Waals surface area contributed by atoms with E-state index >= 15 is 0 Å². The second-order valence-corrected chi connectivity index (χ2v) is 8.65. The van der Waals surface area contributed by atoms with Crippen molar-refractivity contribution in [2.75, 3.05) is 11.9 Å². The molecule has 1 amide bonds. The van der Waals surface area contributed by atoms with E-state index < -0.39 is 55.3 Å². The van der Waals surface area contributed by atoms with Gasteiger partial charge in [0.05, 0.1) is 36.0 Å². The molecule has 0 radical (unpaired) electrons. The highest BCUT2D eigenvalue weighted by molar-refractivity contribution is 6.50. The van der Waals surface area contributed by atoms with E-state index in [-0.39, 0.29) is 18.9 Å². The van der Waals surface area contributed by atoms with Crippen LogP contribution < -0.4 is 10.6 Å². The van der Waals surface area contributed by atoms with Gasteiger partial charge in [-0.1, -0.05) is 37.0 Å². The molecule has 1 aromatic rings. The van der Waals surface area contributed by atoms with Gasteiger partial charge in [0, 0.05) is 5.02 Å². The van der Waals surface area contributed by atoms with Crippen LogP contribution in [0.1, 0.15) is 33.1 Å². The van der Waals surface area contributed by atoms with Gasteiger partial charge in [0.1, 0.15) is 0 Å². The number of hydrogen-bond acceptors (Lipinski definition) is 7. The molecule has 0 saturated carbocycles. The van der Waals surface area contributed by atoms with Gasteiger partial charge in [0.25, 0.3) is 5.97 Å². The molecule has 1 unspecified atom stereocenters. The maximum absolute atomic E-state index is 12.5. The molecule has 1 fully saturated rings. The number of amides is 1. The standard InChI is InChI=1S/C19H23BCl2N2O8/c1-10(2)5-14(24-15(25)9-23-13-6-11(21)3-4-12(13)22)20-31-17(28)8-19(32-20,18(29)30)7-16(26)27/h3-4,6,10,14,23H,5,7-9H2,1-2H3,(H,24,25)(H,26,27)(H,29,30)/t14-,19?/m0/s1. The fraction of sp³-hybridized carbons (Fsp3) is 0.474. The van der Waals surface area contributed by atoms with E-state index in [1.165, 1.54) is 0 Å². The molecule has 2 atom stereocenters. The van der Waals surface area contributed by atoms with E-state index in [1.807, 2.05) is 13.8 Å². The predicted octanol–water partition coefficient (Wildman–Crippen LogP) is 2.23. The lowest BCUT2D eigenvalue weighted by Gasteiger charge is -2.37. The summed E-state index contributed by atoms with van der Waals surface area (Å²) in [6, 6.07) is 4.70. The zero-order valence-corrected chi connectivity index (χ0v) is 18.9. The fourth-order valence-corrected chi connectivity index (χ4v) is 3.58. The second-order valence-electron chi connectivity index (χ2n) is 7.80. The van der Waals surface area contributed by atoms with Crippen molar-refractivity contribution >= 4 is 59.8 Å². The SMILES string of the molecule is CC(C)C[C@H](NC(=O)CNc1cc(Cl)ccc1Cl)B1OC(=O)CC(CC(=O)O)(C(=O)O)O1. The van der Waals surface area contributed by atoms with Crippen molar-refractivity contribution in [1.29, 1.82) is 0 Å². The van der Waals surface area contributed by atoms with Gasteiger partial charge in [-0.25, -0.2) is 4.79 Å². The number of nitrogens with one attached hydrogen (secondary N) is 2. The van der Waals surface area contributed by atoms with E-state index in [4.69, 9.17) is 37.6 Å². The Hall–Kier alpha value is -2.50. The first-order valence-corrected chi connectivity index (χ1v) is 10.5. The number of carboxylic acids is 2. The minimum Gasteiger partial charge on any atom is -0.508 e. The Bertz CT molecular complexity index is 896. The molecule has 32 heavy (non-hydrogen) atoms. The molecule has 0 aliphatic carbocycles. The predicted molar refractivity (Wildman–Crippen MR) is 117 cm³/mol. The van der Waals surface area contributed by atoms with Crippen LogP contribution in [0.5, 0.6) is 0 Å². The first-order chi connectivity index (χ1) is 14.9. The quantitative estimate of drug-likeness (QED) is 0.363. The Kier molecular flexibility index (Phi) is 8.77. The summed E-state index contributed by atoms with van der Waals surface area (Å²) in [5, 5.41) is 24.9. The molecular formula is C19H23BCl2N2O8. The molecule has 1 saturated heterocycles. The Morgan fingerprint density at radius 1 is 1.25 bits per heavy atom. The lowest BCUT2D eigenvalue weighted by atomic mass is 9.70. The van der Waals surface area contributed by atoms with Gasteiger partial charge in [0.2, 0.25) is 5.91 Å². The van der Waals surface area contributed by atoms with Crippen LogP contribution in [-0.4, -0.2) is 59.2 Å². The van der Waals surface area contributed by atoms with Crippen molar-refractivity contribution in [2.45, 2.75) is 44.7 Å². The van der Waals surface area contributed by atoms with E-state index in [2.05, 4.69) is 10.6 Å². The number of hydrogen-bond donors (Lipinski definition) is 4. The highest BCUT2D eigenvalue weighted by Crippen LogP contribution is 2.30. The Morgan fingerprint density at radius 3 is 2.53 bits per heavy atom. The summed E-state index contributed by atoms with van der Waals surface area (Å²) in [6.07, 6.45) is -1.43. The fourth-order valence-electron chi connectivity index (χ4n) is 3.22. The maximum Gasteiger partial charge on any atom is 0.552 e. The molecule has 10 nitrogen and oxygen atoms in total. The van der Waals surface area contributed by atoms with Crippen molar-refractivity contribution in [1.82, 2.24) is 5.32 Å². The topological polar surface area (TPSA) is 151 Å². The first kappa shape index (κ1) is 25.8. The largest absolute Gasteiger partial charge is 0.552 e. The summed E-state index contributed by atoms with van der Waals surface area (Å²) in [4.78, 5) is 47.6. The molecular weight excluding hydrogens is 466 g/mol. The lowest BCUT2D eigenvalue weighted by Crippen LogP contribution is -2.61. The summed E-state index contributed by atoms with van der Waals surface area (Å²) in [7, 11) is -1.48. The molecule has 1 aliphatic heterocycles. The van der Waals surface area contributed by atoms with Gasteiger partial charge in [-0.2, -0.15) is 0 Å². The molecule has 4 N–H and O–H groups in total. The summed E-state index contributed by atoms with van der Waals surface area (Å²) < 4.78 is 10.6. The normalized spacial score (nSPS) is 19.3. The average Bonchev–Trinajstić information content (AvgIpc) is 2.66. The minimum atomic E-state index is -2.29. The van der Waals surface area contributed by atoms with Crippen molar-refractivity contribution in [2.24, 2.45) is 5.92 Å². The monoisotopic (exact) mass is 488 g/mol. The second kappa shape index (κ2) is 10.9. The van der Waals surface area contributed by atoms with Crippen LogP contribution in [0.4, 0.5) is 5.69 Å². The van der Waals surface area contributed by atoms with E-state index in [0.29, 0.717) is 15.7 Å². The number of carboxylic acid groups (broad SMARTS) is 2. The number of rotatable bonds is 10. The molecule has 0 spiro atoms. The van der Waals surface area contributed by atoms with E-state index in [0.717, 1.165) is 0 Å². The number of aliphatic carboxylic acids is 2. The van der Waals surface area contributed by atoms with Gasteiger partial charge < -0.3 is 30.2 Å². The molecule has 0 bridgehead atoms. The first-order valence-electron chi connectivity index (χ1n) is 9.72. The van der Waals surface area contributed by atoms with Crippen LogP contribution in [0.2, 0.25) is 10.0 Å². The third kappa shape index (κ3) is 7.01. The number of halogens is 2.